The van der Waals surface area contributed by atoms with Crippen molar-refractivity contribution >= 4 is 44.4 Å². The highest BCUT2D eigenvalue weighted by molar-refractivity contribution is 7.16. The normalized spacial score (nSPS) is 14.0. The number of aryl methyl sites for hydroxylation is 1. The second-order valence-electron chi connectivity index (χ2n) is 6.15. The number of aliphatic hydroxyl groups excluding tert-OH is 1. The number of imidazole rings is 1. The summed E-state index contributed by atoms with van der Waals surface area (Å²) in [7, 11) is 0. The average molecular weight is 362 g/mol. The van der Waals surface area contributed by atoms with Crippen LogP contribution in [-0.2, 0) is 11.2 Å². The number of carbonyl (C=O) groups excluding carboxylic acids is 1. The minimum Gasteiger partial charge on any atom is -0.511 e. The third-order valence-corrected chi connectivity index (χ3v) is 5.36. The largest absolute Gasteiger partial charge is 0.511 e. The highest BCUT2D eigenvalue weighted by atomic mass is 32.1. The predicted molar refractivity (Wildman–Crippen MR) is 101 cm³/mol. The summed E-state index contributed by atoms with van der Waals surface area (Å²) >= 11 is 1.52. The maximum Gasteiger partial charge on any atom is 0.261 e. The number of pyridine rings is 1. The Morgan fingerprint density at radius 3 is 3.08 bits per heavy atom. The molecule has 1 amide bonds. The van der Waals surface area contributed by atoms with Gasteiger partial charge >= 0.3 is 0 Å². The van der Waals surface area contributed by atoms with E-state index in [4.69, 9.17) is 0 Å². The molecule has 4 aromatic rings. The fourth-order valence-electron chi connectivity index (χ4n) is 3.35. The van der Waals surface area contributed by atoms with Crippen LogP contribution in [0.25, 0.3) is 21.4 Å². The second kappa shape index (κ2) is 5.67. The van der Waals surface area contributed by atoms with Gasteiger partial charge in [0.1, 0.15) is 22.7 Å². The van der Waals surface area contributed by atoms with Crippen molar-refractivity contribution in [3.8, 4) is 0 Å². The fraction of sp³-hybridized carbons (Fsp3) is 0.105. The lowest BCUT2D eigenvalue weighted by Gasteiger charge is -2.16. The summed E-state index contributed by atoms with van der Waals surface area (Å²) in [6.45, 7) is 0. The third-order valence-electron chi connectivity index (χ3n) is 4.57. The van der Waals surface area contributed by atoms with E-state index in [1.54, 1.807) is 5.51 Å². The molecule has 6 nitrogen and oxygen atoms in total. The van der Waals surface area contributed by atoms with Crippen LogP contribution < -0.4 is 5.32 Å². The first-order valence-corrected chi connectivity index (χ1v) is 9.12. The maximum absolute atomic E-state index is 12.9. The Morgan fingerprint density at radius 2 is 2.15 bits per heavy atom. The SMILES string of the molecule is O=C(Nc1ccc2ncsc2c1)C1=C(O)CCc2c1nc1ccccn21. The topological polar surface area (TPSA) is 79.5 Å². The van der Waals surface area contributed by atoms with Gasteiger partial charge in [-0.15, -0.1) is 11.3 Å². The van der Waals surface area contributed by atoms with E-state index in [1.165, 1.54) is 11.3 Å². The predicted octanol–water partition coefficient (Wildman–Crippen LogP) is 3.80. The van der Waals surface area contributed by atoms with E-state index >= 15 is 0 Å². The van der Waals surface area contributed by atoms with Gasteiger partial charge in [-0.05, 0) is 36.8 Å². The number of thiazole rings is 1. The van der Waals surface area contributed by atoms with E-state index in [0.717, 1.165) is 21.6 Å². The number of hydrogen-bond donors (Lipinski definition) is 2. The molecule has 0 aliphatic heterocycles. The van der Waals surface area contributed by atoms with E-state index in [-0.39, 0.29) is 17.2 Å². The Kier molecular flexibility index (Phi) is 3.29. The van der Waals surface area contributed by atoms with Gasteiger partial charge in [0.05, 0.1) is 21.4 Å². The number of nitrogens with one attached hydrogen (secondary N) is 1. The number of fused-ring (bicyclic) bond motifs is 4. The Labute approximate surface area is 152 Å². The van der Waals surface area contributed by atoms with Crippen LogP contribution >= 0.6 is 11.3 Å². The Morgan fingerprint density at radius 1 is 1.23 bits per heavy atom. The first-order valence-electron chi connectivity index (χ1n) is 8.24. The Bertz CT molecular complexity index is 1200. The van der Waals surface area contributed by atoms with Crippen molar-refractivity contribution in [3.05, 3.63) is 65.3 Å². The fourth-order valence-corrected chi connectivity index (χ4v) is 4.07. The molecule has 0 bridgehead atoms. The van der Waals surface area contributed by atoms with E-state index in [1.807, 2.05) is 47.0 Å². The number of carbonyl (C=O) groups is 1. The Hall–Kier alpha value is -3.19. The lowest BCUT2D eigenvalue weighted by Crippen LogP contribution is -2.19. The monoisotopic (exact) mass is 362 g/mol. The van der Waals surface area contributed by atoms with Gasteiger partial charge in [-0.25, -0.2) is 9.97 Å². The van der Waals surface area contributed by atoms with Crippen LogP contribution in [0.1, 0.15) is 17.8 Å². The zero-order valence-corrected chi connectivity index (χ0v) is 14.5. The summed E-state index contributed by atoms with van der Waals surface area (Å²) in [4.78, 5) is 21.7. The number of aliphatic hydroxyl groups is 1. The number of allylic oxidation sites excluding steroid dienone is 1. The van der Waals surface area contributed by atoms with Gasteiger partial charge in [-0.1, -0.05) is 6.07 Å². The molecule has 0 saturated carbocycles. The van der Waals surface area contributed by atoms with Gasteiger partial charge in [-0.2, -0.15) is 0 Å². The van der Waals surface area contributed by atoms with Gasteiger partial charge in [0.15, 0.2) is 0 Å². The number of amides is 1. The first kappa shape index (κ1) is 15.1. The minimum absolute atomic E-state index is 0.0808. The molecule has 2 N–H and O–H groups in total. The number of benzene rings is 1. The molecule has 1 aliphatic rings. The molecule has 0 unspecified atom stereocenters. The van der Waals surface area contributed by atoms with Crippen LogP contribution in [-0.4, -0.2) is 25.4 Å². The van der Waals surface area contributed by atoms with Crippen LogP contribution in [0.3, 0.4) is 0 Å². The van der Waals surface area contributed by atoms with Crippen molar-refractivity contribution in [1.82, 2.24) is 14.4 Å². The van der Waals surface area contributed by atoms with Crippen LogP contribution in [0.2, 0.25) is 0 Å². The van der Waals surface area contributed by atoms with Crippen molar-refractivity contribution in [2.45, 2.75) is 12.8 Å². The van der Waals surface area contributed by atoms with Crippen LogP contribution in [0.15, 0.2) is 53.9 Å². The van der Waals surface area contributed by atoms with Gasteiger partial charge in [0, 0.05) is 18.3 Å². The highest BCUT2D eigenvalue weighted by Gasteiger charge is 2.28. The lowest BCUT2D eigenvalue weighted by atomic mass is 9.97. The van der Waals surface area contributed by atoms with Gasteiger partial charge in [0.2, 0.25) is 0 Å². The van der Waals surface area contributed by atoms with Crippen LogP contribution in [0, 0.1) is 0 Å². The molecule has 0 radical (unpaired) electrons. The number of hydrogen-bond acceptors (Lipinski definition) is 5. The number of rotatable bonds is 2. The molecule has 3 heterocycles. The highest BCUT2D eigenvalue weighted by Crippen LogP contribution is 2.32. The quantitative estimate of drug-likeness (QED) is 0.568. The molecule has 0 atom stereocenters. The summed E-state index contributed by atoms with van der Waals surface area (Å²) in [5, 5.41) is 13.3. The molecule has 3 aromatic heterocycles. The number of aromatic nitrogens is 3. The van der Waals surface area contributed by atoms with Crippen molar-refractivity contribution in [2.75, 3.05) is 5.32 Å². The Balaban J connectivity index is 1.55. The number of anilines is 1. The molecule has 1 aliphatic carbocycles. The summed E-state index contributed by atoms with van der Waals surface area (Å²) in [6.07, 6.45) is 3.00. The average Bonchev–Trinajstić information content (AvgIpc) is 3.24. The first-order chi connectivity index (χ1) is 12.7. The van der Waals surface area contributed by atoms with Gasteiger partial charge in [-0.3, -0.25) is 4.79 Å². The standard InChI is InChI=1S/C19H14N4O2S/c24-14-7-6-13-18(22-16-3-1-2-8-23(13)16)17(14)19(25)21-11-4-5-12-15(9-11)26-10-20-12/h1-5,8-10,24H,6-7H2,(H,21,25). The minimum atomic E-state index is -0.351. The lowest BCUT2D eigenvalue weighted by molar-refractivity contribution is -0.111. The van der Waals surface area contributed by atoms with Gasteiger partial charge < -0.3 is 14.8 Å². The zero-order chi connectivity index (χ0) is 17.7. The van der Waals surface area contributed by atoms with E-state index in [0.29, 0.717) is 24.2 Å². The maximum atomic E-state index is 12.9. The molecule has 128 valence electrons. The molecule has 26 heavy (non-hydrogen) atoms. The smallest absolute Gasteiger partial charge is 0.261 e. The van der Waals surface area contributed by atoms with Crippen molar-refractivity contribution in [2.24, 2.45) is 0 Å². The van der Waals surface area contributed by atoms with E-state index < -0.39 is 0 Å². The van der Waals surface area contributed by atoms with Crippen molar-refractivity contribution in [1.29, 1.82) is 0 Å². The third kappa shape index (κ3) is 2.28. The summed E-state index contributed by atoms with van der Waals surface area (Å²) in [5.41, 5.74) is 5.85. The molecular formula is C19H14N4O2S. The molecule has 0 spiro atoms. The van der Waals surface area contributed by atoms with E-state index in [2.05, 4.69) is 15.3 Å². The molecule has 7 heteroatoms. The molecule has 0 fully saturated rings. The van der Waals surface area contributed by atoms with Crippen LogP contribution in [0.5, 0.6) is 0 Å². The van der Waals surface area contributed by atoms with Crippen LogP contribution in [0.4, 0.5) is 5.69 Å². The molecule has 0 saturated heterocycles. The van der Waals surface area contributed by atoms with Crippen molar-refractivity contribution in [3.63, 3.8) is 0 Å². The molecule has 5 rings (SSSR count). The molecule has 1 aromatic carbocycles. The zero-order valence-electron chi connectivity index (χ0n) is 13.6. The second-order valence-corrected chi connectivity index (χ2v) is 7.03. The summed E-state index contributed by atoms with van der Waals surface area (Å²) < 4.78 is 2.97. The number of nitrogens with zero attached hydrogens (tertiary/aromatic N) is 3. The molecular weight excluding hydrogens is 348 g/mol. The van der Waals surface area contributed by atoms with Gasteiger partial charge in [0.25, 0.3) is 5.91 Å². The summed E-state index contributed by atoms with van der Waals surface area (Å²) in [6, 6.07) is 11.3. The summed E-state index contributed by atoms with van der Waals surface area (Å²) in [5.74, 6) is -0.270. The van der Waals surface area contributed by atoms with Crippen molar-refractivity contribution < 1.29 is 9.90 Å². The van der Waals surface area contributed by atoms with E-state index in [9.17, 15) is 9.90 Å².